The summed E-state index contributed by atoms with van der Waals surface area (Å²) >= 11 is 0. The van der Waals surface area contributed by atoms with Crippen LogP contribution in [0.1, 0.15) is 16.1 Å². The fraction of sp³-hybridized carbons (Fsp3) is 0.688. The predicted molar refractivity (Wildman–Crippen MR) is 82.8 cm³/mol. The molecule has 0 bridgehead atoms. The summed E-state index contributed by atoms with van der Waals surface area (Å²) < 4.78 is 10.3. The van der Waals surface area contributed by atoms with Gasteiger partial charge in [-0.2, -0.15) is 0 Å². The zero-order chi connectivity index (χ0) is 16.1. The highest BCUT2D eigenvalue weighted by Crippen LogP contribution is 2.26. The average Bonchev–Trinajstić information content (AvgIpc) is 3.10. The first-order valence-corrected chi connectivity index (χ1v) is 7.68. The van der Waals surface area contributed by atoms with Crippen LogP contribution < -0.4 is 0 Å². The number of ether oxygens (including phenoxy) is 1. The molecule has 22 heavy (non-hydrogen) atoms. The van der Waals surface area contributed by atoms with Gasteiger partial charge in [-0.3, -0.25) is 4.79 Å². The van der Waals surface area contributed by atoms with E-state index in [0.717, 1.165) is 13.1 Å². The maximum Gasteiger partial charge on any atom is 0.257 e. The summed E-state index contributed by atoms with van der Waals surface area (Å²) in [4.78, 5) is 16.6. The van der Waals surface area contributed by atoms with Gasteiger partial charge in [0.05, 0.1) is 18.4 Å². The largest absolute Gasteiger partial charge is 0.469 e. The Morgan fingerprint density at radius 2 is 2.23 bits per heavy atom. The molecule has 2 atom stereocenters. The summed E-state index contributed by atoms with van der Waals surface area (Å²) in [6.07, 6.45) is 1.54. The van der Waals surface area contributed by atoms with Gasteiger partial charge < -0.3 is 24.1 Å². The summed E-state index contributed by atoms with van der Waals surface area (Å²) in [5.74, 6) is 1.04. The van der Waals surface area contributed by atoms with Crippen LogP contribution in [0.15, 0.2) is 16.7 Å². The van der Waals surface area contributed by atoms with E-state index in [-0.39, 0.29) is 24.3 Å². The van der Waals surface area contributed by atoms with E-state index < -0.39 is 0 Å². The number of carbonyl (C=O) groups is 1. The van der Waals surface area contributed by atoms with Crippen LogP contribution in [0.2, 0.25) is 0 Å². The molecule has 1 aliphatic heterocycles. The quantitative estimate of drug-likeness (QED) is 0.809. The smallest absolute Gasteiger partial charge is 0.257 e. The Morgan fingerprint density at radius 1 is 1.50 bits per heavy atom. The molecular formula is C16H26N2O4. The van der Waals surface area contributed by atoms with Crippen LogP contribution in [-0.2, 0) is 4.74 Å². The van der Waals surface area contributed by atoms with Crippen molar-refractivity contribution in [2.45, 2.75) is 6.92 Å². The molecular weight excluding hydrogens is 284 g/mol. The van der Waals surface area contributed by atoms with Crippen LogP contribution in [0.3, 0.4) is 0 Å². The van der Waals surface area contributed by atoms with Gasteiger partial charge in [-0.15, -0.1) is 0 Å². The van der Waals surface area contributed by atoms with Gasteiger partial charge in [0.1, 0.15) is 5.76 Å². The fourth-order valence-electron chi connectivity index (χ4n) is 3.03. The molecule has 2 heterocycles. The number of aliphatic hydroxyl groups excluding tert-OH is 1. The molecule has 1 amide bonds. The van der Waals surface area contributed by atoms with Crippen LogP contribution in [0.4, 0.5) is 0 Å². The molecule has 0 aliphatic carbocycles. The minimum absolute atomic E-state index is 0.00764. The van der Waals surface area contributed by atoms with Crippen molar-refractivity contribution in [2.24, 2.45) is 11.8 Å². The van der Waals surface area contributed by atoms with Crippen molar-refractivity contribution in [1.82, 2.24) is 9.80 Å². The number of carbonyl (C=O) groups excluding carboxylic acids is 1. The molecule has 1 saturated heterocycles. The predicted octanol–water partition coefficient (Wildman–Crippen LogP) is 0.847. The lowest BCUT2D eigenvalue weighted by Crippen LogP contribution is -2.33. The summed E-state index contributed by atoms with van der Waals surface area (Å²) in [6, 6.07) is 1.71. The Balaban J connectivity index is 1.97. The van der Waals surface area contributed by atoms with Crippen LogP contribution in [0, 0.1) is 18.8 Å². The third-order valence-electron chi connectivity index (χ3n) is 4.41. The van der Waals surface area contributed by atoms with E-state index in [0.29, 0.717) is 31.0 Å². The second kappa shape index (κ2) is 7.76. The third-order valence-corrected chi connectivity index (χ3v) is 4.41. The maximum atomic E-state index is 12.5. The number of likely N-dealkylation sites (N-methyl/N-ethyl adjacent to an activating group) is 1. The third kappa shape index (κ3) is 3.88. The van der Waals surface area contributed by atoms with E-state index in [1.807, 2.05) is 11.9 Å². The first kappa shape index (κ1) is 17.0. The van der Waals surface area contributed by atoms with E-state index in [4.69, 9.17) is 9.15 Å². The first-order chi connectivity index (χ1) is 10.6. The number of furan rings is 1. The molecule has 0 saturated carbocycles. The molecule has 1 aromatic heterocycles. The topological polar surface area (TPSA) is 66.2 Å². The first-order valence-electron chi connectivity index (χ1n) is 7.68. The molecule has 0 spiro atoms. The fourth-order valence-corrected chi connectivity index (χ4v) is 3.03. The highest BCUT2D eigenvalue weighted by Gasteiger charge is 2.36. The normalized spacial score (nSPS) is 21.8. The minimum Gasteiger partial charge on any atom is -0.469 e. The van der Waals surface area contributed by atoms with E-state index in [1.54, 1.807) is 20.1 Å². The van der Waals surface area contributed by atoms with Crippen molar-refractivity contribution in [3.05, 3.63) is 23.7 Å². The van der Waals surface area contributed by atoms with Gasteiger partial charge in [0.25, 0.3) is 5.91 Å². The molecule has 0 aromatic carbocycles. The number of aliphatic hydroxyl groups is 1. The van der Waals surface area contributed by atoms with Gasteiger partial charge in [-0.1, -0.05) is 0 Å². The molecule has 1 N–H and O–H groups in total. The summed E-state index contributed by atoms with van der Waals surface area (Å²) in [7, 11) is 3.73. The lowest BCUT2D eigenvalue weighted by Gasteiger charge is -2.23. The zero-order valence-corrected chi connectivity index (χ0v) is 13.6. The zero-order valence-electron chi connectivity index (χ0n) is 13.6. The minimum atomic E-state index is -0.00764. The van der Waals surface area contributed by atoms with Gasteiger partial charge in [-0.05, 0) is 26.0 Å². The monoisotopic (exact) mass is 310 g/mol. The van der Waals surface area contributed by atoms with Gasteiger partial charge >= 0.3 is 0 Å². The average molecular weight is 310 g/mol. The SMILES string of the molecule is COCCN(C)C[C@@H]1CN(C(=O)c2ccoc2C)C[C@@H]1CO. The van der Waals surface area contributed by atoms with Gasteiger partial charge in [0.2, 0.25) is 0 Å². The standard InChI is InChI=1S/C16H26N2O4/c1-12-15(4-6-22-12)16(20)18-9-13(14(10-18)11-19)8-17(2)5-7-21-3/h4,6,13-14,19H,5,7-11H2,1-3H3/t13-,14-/m1/s1. The second-order valence-electron chi connectivity index (χ2n) is 6.06. The summed E-state index contributed by atoms with van der Waals surface area (Å²) in [6.45, 7) is 5.56. The lowest BCUT2D eigenvalue weighted by atomic mass is 9.96. The number of hydrogen-bond acceptors (Lipinski definition) is 5. The number of rotatable bonds is 7. The number of likely N-dealkylation sites (tertiary alicyclic amines) is 1. The molecule has 6 heteroatoms. The molecule has 1 fully saturated rings. The van der Waals surface area contributed by atoms with Crippen molar-refractivity contribution in [3.8, 4) is 0 Å². The van der Waals surface area contributed by atoms with Crippen molar-refractivity contribution in [2.75, 3.05) is 53.6 Å². The summed E-state index contributed by atoms with van der Waals surface area (Å²) in [5, 5.41) is 9.61. The Hall–Kier alpha value is -1.37. The lowest BCUT2D eigenvalue weighted by molar-refractivity contribution is 0.0777. The molecule has 0 unspecified atom stereocenters. The second-order valence-corrected chi connectivity index (χ2v) is 6.06. The van der Waals surface area contributed by atoms with Gasteiger partial charge in [0, 0.05) is 45.8 Å². The van der Waals surface area contributed by atoms with Gasteiger partial charge in [0.15, 0.2) is 0 Å². The molecule has 0 radical (unpaired) electrons. The number of nitrogens with zero attached hydrogens (tertiary/aromatic N) is 2. The number of hydrogen-bond donors (Lipinski definition) is 1. The molecule has 124 valence electrons. The van der Waals surface area contributed by atoms with E-state index in [1.165, 1.54) is 6.26 Å². The van der Waals surface area contributed by atoms with Crippen molar-refractivity contribution in [3.63, 3.8) is 0 Å². The number of aryl methyl sites for hydroxylation is 1. The Morgan fingerprint density at radius 3 is 2.82 bits per heavy atom. The molecule has 2 rings (SSSR count). The highest BCUT2D eigenvalue weighted by molar-refractivity contribution is 5.95. The van der Waals surface area contributed by atoms with Crippen molar-refractivity contribution < 1.29 is 19.1 Å². The molecule has 6 nitrogen and oxygen atoms in total. The molecule has 1 aromatic rings. The summed E-state index contributed by atoms with van der Waals surface area (Å²) in [5.41, 5.74) is 0.616. The number of amides is 1. The Bertz CT molecular complexity index is 488. The van der Waals surface area contributed by atoms with Crippen LogP contribution >= 0.6 is 0 Å². The van der Waals surface area contributed by atoms with Crippen LogP contribution in [-0.4, -0.2) is 74.4 Å². The van der Waals surface area contributed by atoms with Gasteiger partial charge in [-0.25, -0.2) is 0 Å². The molecule has 1 aliphatic rings. The number of methoxy groups -OCH3 is 1. The Labute approximate surface area is 131 Å². The van der Waals surface area contributed by atoms with E-state index in [9.17, 15) is 9.90 Å². The van der Waals surface area contributed by atoms with E-state index in [2.05, 4.69) is 4.90 Å². The Kier molecular flexibility index (Phi) is 5.99. The highest BCUT2D eigenvalue weighted by atomic mass is 16.5. The van der Waals surface area contributed by atoms with Crippen molar-refractivity contribution in [1.29, 1.82) is 0 Å². The van der Waals surface area contributed by atoms with E-state index >= 15 is 0 Å². The van der Waals surface area contributed by atoms with Crippen LogP contribution in [0.5, 0.6) is 0 Å². The maximum absolute atomic E-state index is 12.5. The van der Waals surface area contributed by atoms with Crippen molar-refractivity contribution >= 4 is 5.91 Å². The van der Waals surface area contributed by atoms with Crippen LogP contribution in [0.25, 0.3) is 0 Å².